The summed E-state index contributed by atoms with van der Waals surface area (Å²) in [5, 5.41) is 9.04. The summed E-state index contributed by atoms with van der Waals surface area (Å²) >= 11 is 0. The van der Waals surface area contributed by atoms with Gasteiger partial charge in [-0.1, -0.05) is 44.1 Å². The maximum atomic E-state index is 8.76. The van der Waals surface area contributed by atoms with E-state index in [-0.39, 0.29) is 11.6 Å². The molecule has 2 nitrogen and oxygen atoms in total. The van der Waals surface area contributed by atoms with Crippen LogP contribution in [0, 0.1) is 0 Å². The highest BCUT2D eigenvalue weighted by atomic mass is 28.4. The van der Waals surface area contributed by atoms with E-state index in [2.05, 4.69) is 59.9 Å². The maximum Gasteiger partial charge on any atom is 0.192 e. The van der Waals surface area contributed by atoms with Gasteiger partial charge in [0.05, 0.1) is 6.61 Å². The molecule has 21 heavy (non-hydrogen) atoms. The topological polar surface area (TPSA) is 29.5 Å². The van der Waals surface area contributed by atoms with Crippen LogP contribution in [0.2, 0.25) is 18.1 Å². The van der Waals surface area contributed by atoms with Crippen molar-refractivity contribution in [3.05, 3.63) is 23.3 Å². The van der Waals surface area contributed by atoms with Crippen molar-refractivity contribution in [2.45, 2.75) is 78.4 Å². The van der Waals surface area contributed by atoms with Crippen molar-refractivity contribution in [3.8, 4) is 0 Å². The zero-order valence-electron chi connectivity index (χ0n) is 15.3. The molecule has 0 aromatic rings. The quantitative estimate of drug-likeness (QED) is 0.348. The Kier molecular flexibility index (Phi) is 9.42. The minimum absolute atomic E-state index is 0.277. The van der Waals surface area contributed by atoms with Crippen molar-refractivity contribution < 1.29 is 9.53 Å². The fourth-order valence-corrected chi connectivity index (χ4v) is 2.68. The Hall–Kier alpha value is -0.383. The fourth-order valence-electron chi connectivity index (χ4n) is 1.66. The van der Waals surface area contributed by atoms with Crippen LogP contribution in [0.5, 0.6) is 0 Å². The van der Waals surface area contributed by atoms with E-state index in [4.69, 9.17) is 9.53 Å². The van der Waals surface area contributed by atoms with Crippen molar-refractivity contribution in [1.29, 1.82) is 0 Å². The van der Waals surface area contributed by atoms with Gasteiger partial charge in [-0.2, -0.15) is 0 Å². The number of hydrogen-bond acceptors (Lipinski definition) is 2. The summed E-state index contributed by atoms with van der Waals surface area (Å²) < 4.78 is 6.22. The summed E-state index contributed by atoms with van der Waals surface area (Å²) in [6.07, 6.45) is 8.57. The lowest BCUT2D eigenvalue weighted by molar-refractivity contribution is 0.289. The molecular weight excluding hydrogens is 276 g/mol. The lowest BCUT2D eigenvalue weighted by atomic mass is 10.1. The summed E-state index contributed by atoms with van der Waals surface area (Å²) in [6.45, 7) is 16.8. The van der Waals surface area contributed by atoms with Crippen LogP contribution in [0.15, 0.2) is 23.3 Å². The second kappa shape index (κ2) is 9.60. The van der Waals surface area contributed by atoms with Crippen molar-refractivity contribution in [3.63, 3.8) is 0 Å². The van der Waals surface area contributed by atoms with Gasteiger partial charge in [-0.3, -0.25) is 0 Å². The monoisotopic (exact) mass is 312 g/mol. The highest BCUT2D eigenvalue weighted by Crippen LogP contribution is 2.36. The molecule has 0 saturated heterocycles. The molecule has 0 spiro atoms. The fraction of sp³-hybridized carbons (Fsp3) is 0.778. The van der Waals surface area contributed by atoms with Gasteiger partial charge in [-0.05, 0) is 57.7 Å². The summed E-state index contributed by atoms with van der Waals surface area (Å²) in [5.41, 5.74) is 2.75. The summed E-state index contributed by atoms with van der Waals surface area (Å²) in [6, 6.07) is 0. The van der Waals surface area contributed by atoms with Gasteiger partial charge in [0.15, 0.2) is 8.32 Å². The van der Waals surface area contributed by atoms with Crippen LogP contribution in [0.3, 0.4) is 0 Å². The average molecular weight is 313 g/mol. The minimum Gasteiger partial charge on any atom is -0.413 e. The Morgan fingerprint density at radius 3 is 2.14 bits per heavy atom. The molecule has 0 atom stereocenters. The number of rotatable bonds is 9. The highest BCUT2D eigenvalue weighted by Gasteiger charge is 2.36. The molecule has 0 heterocycles. The van der Waals surface area contributed by atoms with E-state index in [1.54, 1.807) is 0 Å². The second-order valence-electron chi connectivity index (χ2n) is 7.55. The molecule has 0 bridgehead atoms. The van der Waals surface area contributed by atoms with Crippen LogP contribution in [-0.2, 0) is 4.43 Å². The lowest BCUT2D eigenvalue weighted by Gasteiger charge is -2.36. The number of aliphatic hydroxyl groups excluding tert-OH is 1. The first-order valence-corrected chi connectivity index (χ1v) is 11.1. The van der Waals surface area contributed by atoms with Crippen LogP contribution in [0.4, 0.5) is 0 Å². The zero-order valence-corrected chi connectivity index (χ0v) is 16.3. The second-order valence-corrected chi connectivity index (χ2v) is 12.4. The summed E-state index contributed by atoms with van der Waals surface area (Å²) in [4.78, 5) is 0. The molecule has 0 radical (unpaired) electrons. The van der Waals surface area contributed by atoms with Gasteiger partial charge in [0.25, 0.3) is 0 Å². The molecule has 0 aromatic heterocycles. The molecule has 0 unspecified atom stereocenters. The van der Waals surface area contributed by atoms with Crippen LogP contribution in [-0.4, -0.2) is 26.6 Å². The van der Waals surface area contributed by atoms with E-state index in [0.29, 0.717) is 0 Å². The van der Waals surface area contributed by atoms with E-state index in [9.17, 15) is 0 Å². The molecule has 1 N–H and O–H groups in total. The number of unbranched alkanes of at least 4 members (excludes halogenated alkanes) is 1. The average Bonchev–Trinajstić information content (AvgIpc) is 2.35. The molecule has 3 heteroatoms. The van der Waals surface area contributed by atoms with E-state index >= 15 is 0 Å². The van der Waals surface area contributed by atoms with Gasteiger partial charge in [-0.25, -0.2) is 0 Å². The zero-order chi connectivity index (χ0) is 16.5. The van der Waals surface area contributed by atoms with E-state index in [1.807, 2.05) is 0 Å². The van der Waals surface area contributed by atoms with Crippen LogP contribution >= 0.6 is 0 Å². The molecule has 0 aliphatic carbocycles. The minimum atomic E-state index is -1.63. The van der Waals surface area contributed by atoms with E-state index in [0.717, 1.165) is 32.3 Å². The van der Waals surface area contributed by atoms with Crippen molar-refractivity contribution in [1.82, 2.24) is 0 Å². The van der Waals surface area contributed by atoms with Gasteiger partial charge < -0.3 is 9.53 Å². The van der Waals surface area contributed by atoms with Gasteiger partial charge in [0, 0.05) is 6.61 Å². The maximum absolute atomic E-state index is 8.76. The molecule has 0 aliphatic rings. The van der Waals surface area contributed by atoms with Crippen molar-refractivity contribution in [2.24, 2.45) is 0 Å². The SMILES string of the molecule is C/C(=C\CCCO)CC/C=C(\C)CO[Si](C)(C)C(C)(C)C. The van der Waals surface area contributed by atoms with Gasteiger partial charge in [0.2, 0.25) is 0 Å². The van der Waals surface area contributed by atoms with Crippen molar-refractivity contribution in [2.75, 3.05) is 13.2 Å². The van der Waals surface area contributed by atoms with Crippen LogP contribution in [0.25, 0.3) is 0 Å². The Bertz CT molecular complexity index is 349. The lowest BCUT2D eigenvalue weighted by Crippen LogP contribution is -2.41. The Morgan fingerprint density at radius 2 is 1.62 bits per heavy atom. The largest absolute Gasteiger partial charge is 0.413 e. The normalized spacial score (nSPS) is 14.7. The Balaban J connectivity index is 4.13. The highest BCUT2D eigenvalue weighted by molar-refractivity contribution is 6.74. The molecule has 0 rings (SSSR count). The molecule has 0 aromatic carbocycles. The number of allylic oxidation sites excluding steroid dienone is 3. The first-order chi connectivity index (χ1) is 9.60. The van der Waals surface area contributed by atoms with Gasteiger partial charge in [0.1, 0.15) is 0 Å². The molecule has 124 valence electrons. The van der Waals surface area contributed by atoms with Gasteiger partial charge >= 0.3 is 0 Å². The first-order valence-electron chi connectivity index (χ1n) is 8.16. The molecule has 0 amide bonds. The number of aliphatic hydroxyl groups is 1. The molecule has 0 aliphatic heterocycles. The molecule has 0 fully saturated rings. The Morgan fingerprint density at radius 1 is 1.05 bits per heavy atom. The van der Waals surface area contributed by atoms with Gasteiger partial charge in [-0.15, -0.1) is 0 Å². The molecule has 0 saturated carbocycles. The third-order valence-corrected chi connectivity index (χ3v) is 8.83. The third kappa shape index (κ3) is 9.28. The third-order valence-electron chi connectivity index (χ3n) is 4.35. The van der Waals surface area contributed by atoms with Crippen LogP contribution < -0.4 is 0 Å². The Labute approximate surface area is 133 Å². The first kappa shape index (κ1) is 20.6. The van der Waals surface area contributed by atoms with E-state index < -0.39 is 8.32 Å². The van der Waals surface area contributed by atoms with Crippen molar-refractivity contribution >= 4 is 8.32 Å². The van der Waals surface area contributed by atoms with E-state index in [1.165, 1.54) is 11.1 Å². The standard InChI is InChI=1S/C18H36O2Si/c1-16(11-8-9-14-19)12-10-13-17(2)15-20-21(6,7)18(3,4)5/h11,13,19H,8-10,12,14-15H2,1-7H3/b16-11+,17-13+. The molecular formula is C18H36O2Si. The number of hydrogen-bond donors (Lipinski definition) is 1. The summed E-state index contributed by atoms with van der Waals surface area (Å²) in [7, 11) is -1.63. The summed E-state index contributed by atoms with van der Waals surface area (Å²) in [5.74, 6) is 0. The predicted molar refractivity (Wildman–Crippen MR) is 96.2 cm³/mol. The van der Waals surface area contributed by atoms with Crippen LogP contribution in [0.1, 0.15) is 60.3 Å². The smallest absolute Gasteiger partial charge is 0.192 e. The predicted octanol–water partition coefficient (Wildman–Crippen LogP) is 5.45.